The van der Waals surface area contributed by atoms with Gasteiger partial charge >= 0.3 is 0 Å². The van der Waals surface area contributed by atoms with Crippen molar-refractivity contribution in [2.24, 2.45) is 0 Å². The molecule has 0 fully saturated rings. The highest BCUT2D eigenvalue weighted by molar-refractivity contribution is 7.26. The first kappa shape index (κ1) is 38.0. The number of nitrogens with zero attached hydrogens (tertiary/aromatic N) is 3. The van der Waals surface area contributed by atoms with Gasteiger partial charge in [-0.15, -0.1) is 11.3 Å². The molecule has 0 N–H and O–H groups in total. The third-order valence-electron chi connectivity index (χ3n) is 12.8. The van der Waals surface area contributed by atoms with Crippen LogP contribution in [0, 0.1) is 0 Å². The molecule has 13 aromatic rings. The van der Waals surface area contributed by atoms with E-state index in [0.717, 1.165) is 66.3 Å². The van der Waals surface area contributed by atoms with E-state index in [9.17, 15) is 0 Å². The van der Waals surface area contributed by atoms with Crippen molar-refractivity contribution in [1.29, 1.82) is 0 Å². The molecule has 0 saturated heterocycles. The van der Waals surface area contributed by atoms with E-state index in [-0.39, 0.29) is 0 Å². The van der Waals surface area contributed by atoms with Crippen LogP contribution in [-0.2, 0) is 0 Å². The first-order valence-corrected chi connectivity index (χ1v) is 23.0. The zero-order valence-electron chi connectivity index (χ0n) is 35.5. The number of rotatable bonds is 7. The molecule has 0 aliphatic carbocycles. The summed E-state index contributed by atoms with van der Waals surface area (Å²) >= 11 is 1.78. The second-order valence-electron chi connectivity index (χ2n) is 16.7. The number of thiophene rings is 1. The number of hydrogen-bond donors (Lipinski definition) is 0. The van der Waals surface area contributed by atoms with Gasteiger partial charge in [-0.25, -0.2) is 15.0 Å². The number of fused-ring (bicyclic) bond motifs is 7. The lowest BCUT2D eigenvalue weighted by Crippen LogP contribution is -2.00. The van der Waals surface area contributed by atoms with Gasteiger partial charge in [-0.2, -0.15) is 0 Å². The Hall–Kier alpha value is -8.51. The van der Waals surface area contributed by atoms with Gasteiger partial charge in [0.05, 0.1) is 0 Å². The second kappa shape index (κ2) is 15.6. The molecular weight excluding hydrogens is 823 g/mol. The molecule has 0 unspecified atom stereocenters. The van der Waals surface area contributed by atoms with E-state index in [1.54, 1.807) is 11.3 Å². The molecule has 0 bridgehead atoms. The van der Waals surface area contributed by atoms with Crippen LogP contribution in [0.2, 0.25) is 0 Å². The molecule has 4 nitrogen and oxygen atoms in total. The van der Waals surface area contributed by atoms with Crippen LogP contribution in [0.25, 0.3) is 132 Å². The minimum Gasteiger partial charge on any atom is -0.456 e. The Morgan fingerprint density at radius 2 is 0.833 bits per heavy atom. The van der Waals surface area contributed by atoms with Gasteiger partial charge in [0, 0.05) is 53.2 Å². The SMILES string of the molecule is c1ccc(-c2ccc(-c3ccc(-c4ccc5oc6cc7ccccc7cc6c5c4-c4ccc(-c5nc(-c6ccccc6)nc(-c6cccc7c6sc6ccccc67)n5)cc4)cc3)cc2)cc1. The standard InChI is InChI=1S/C61H37N3OS/c1-3-12-38(13-4-1)39-22-24-40(25-23-39)41-26-28-42(29-27-41)48-34-35-53-57(52-36-46-16-7-8-17-47(46)37-54(52)65-53)56(48)43-30-32-45(33-31-43)60-62-59(44-14-5-2-6-15-44)63-61(64-60)51-20-11-19-50-49-18-9-10-21-55(49)66-58(50)51/h1-37H. The number of furan rings is 1. The molecule has 10 aromatic carbocycles. The first-order chi connectivity index (χ1) is 32.7. The fraction of sp³-hybridized carbons (Fsp3) is 0. The zero-order chi connectivity index (χ0) is 43.6. The Kier molecular flexibility index (Phi) is 9.00. The van der Waals surface area contributed by atoms with Crippen LogP contribution in [0.15, 0.2) is 229 Å². The molecule has 0 radical (unpaired) electrons. The second-order valence-corrected chi connectivity index (χ2v) is 17.8. The number of aromatic nitrogens is 3. The summed E-state index contributed by atoms with van der Waals surface area (Å²) in [5.41, 5.74) is 13.8. The molecule has 0 aliphatic rings. The van der Waals surface area contributed by atoms with E-state index in [1.807, 2.05) is 18.2 Å². The van der Waals surface area contributed by atoms with Crippen molar-refractivity contribution in [1.82, 2.24) is 15.0 Å². The summed E-state index contributed by atoms with van der Waals surface area (Å²) in [5.74, 6) is 1.91. The maximum Gasteiger partial charge on any atom is 0.165 e. The summed E-state index contributed by atoms with van der Waals surface area (Å²) in [7, 11) is 0. The van der Waals surface area contributed by atoms with E-state index >= 15 is 0 Å². The smallest absolute Gasteiger partial charge is 0.165 e. The lowest BCUT2D eigenvalue weighted by Gasteiger charge is -2.14. The molecule has 0 saturated carbocycles. The summed E-state index contributed by atoms with van der Waals surface area (Å²) in [6.07, 6.45) is 0. The molecule has 13 rings (SSSR count). The minimum atomic E-state index is 0.620. The predicted molar refractivity (Wildman–Crippen MR) is 276 cm³/mol. The summed E-state index contributed by atoms with van der Waals surface area (Å²) in [6, 6.07) is 79.4. The van der Waals surface area contributed by atoms with Crippen molar-refractivity contribution in [3.63, 3.8) is 0 Å². The van der Waals surface area contributed by atoms with Gasteiger partial charge in [0.2, 0.25) is 0 Å². The van der Waals surface area contributed by atoms with Crippen molar-refractivity contribution in [3.8, 4) is 78.7 Å². The van der Waals surface area contributed by atoms with E-state index in [1.165, 1.54) is 47.8 Å². The number of benzene rings is 10. The topological polar surface area (TPSA) is 51.8 Å². The predicted octanol–water partition coefficient (Wildman–Crippen LogP) is 17.0. The third kappa shape index (κ3) is 6.56. The molecule has 3 aromatic heterocycles. The highest BCUT2D eigenvalue weighted by atomic mass is 32.1. The maximum absolute atomic E-state index is 6.66. The molecule has 0 amide bonds. The Morgan fingerprint density at radius 3 is 1.53 bits per heavy atom. The molecule has 0 atom stereocenters. The van der Waals surface area contributed by atoms with Gasteiger partial charge in [-0.3, -0.25) is 0 Å². The van der Waals surface area contributed by atoms with Gasteiger partial charge in [-0.05, 0) is 80.0 Å². The lowest BCUT2D eigenvalue weighted by molar-refractivity contribution is 0.669. The first-order valence-electron chi connectivity index (χ1n) is 22.2. The normalized spacial score (nSPS) is 11.6. The van der Waals surface area contributed by atoms with Crippen molar-refractivity contribution < 1.29 is 4.42 Å². The molecule has 0 aliphatic heterocycles. The van der Waals surface area contributed by atoms with E-state index in [0.29, 0.717) is 17.5 Å². The van der Waals surface area contributed by atoms with Crippen molar-refractivity contribution in [3.05, 3.63) is 224 Å². The van der Waals surface area contributed by atoms with Gasteiger partial charge in [0.25, 0.3) is 0 Å². The molecule has 3 heterocycles. The van der Waals surface area contributed by atoms with Crippen LogP contribution < -0.4 is 0 Å². The van der Waals surface area contributed by atoms with Crippen molar-refractivity contribution >= 4 is 64.2 Å². The Bertz CT molecular complexity index is 3950. The van der Waals surface area contributed by atoms with Gasteiger partial charge in [0.15, 0.2) is 17.5 Å². The Labute approximate surface area is 384 Å². The van der Waals surface area contributed by atoms with Crippen LogP contribution in [0.3, 0.4) is 0 Å². The van der Waals surface area contributed by atoms with Crippen LogP contribution in [-0.4, -0.2) is 15.0 Å². The quantitative estimate of drug-likeness (QED) is 0.160. The van der Waals surface area contributed by atoms with Crippen LogP contribution in [0.1, 0.15) is 0 Å². The fourth-order valence-corrected chi connectivity index (χ4v) is 10.7. The zero-order valence-corrected chi connectivity index (χ0v) is 36.3. The molecule has 308 valence electrons. The average molecular weight is 860 g/mol. The van der Waals surface area contributed by atoms with E-state index in [4.69, 9.17) is 19.4 Å². The Balaban J connectivity index is 0.946. The Morgan fingerprint density at radius 1 is 0.318 bits per heavy atom. The largest absolute Gasteiger partial charge is 0.456 e. The number of hydrogen-bond acceptors (Lipinski definition) is 5. The van der Waals surface area contributed by atoms with Crippen molar-refractivity contribution in [2.75, 3.05) is 0 Å². The molecule has 66 heavy (non-hydrogen) atoms. The van der Waals surface area contributed by atoms with Crippen LogP contribution >= 0.6 is 11.3 Å². The third-order valence-corrected chi connectivity index (χ3v) is 14.0. The highest BCUT2D eigenvalue weighted by Gasteiger charge is 2.21. The molecule has 5 heteroatoms. The summed E-state index contributed by atoms with van der Waals surface area (Å²) < 4.78 is 9.07. The molecule has 0 spiro atoms. The van der Waals surface area contributed by atoms with Gasteiger partial charge < -0.3 is 4.42 Å². The average Bonchev–Trinajstić information content (AvgIpc) is 3.96. The molecular formula is C61H37N3OS. The van der Waals surface area contributed by atoms with Crippen LogP contribution in [0.4, 0.5) is 0 Å². The summed E-state index contributed by atoms with van der Waals surface area (Å²) in [6.45, 7) is 0. The van der Waals surface area contributed by atoms with E-state index in [2.05, 4.69) is 206 Å². The van der Waals surface area contributed by atoms with E-state index < -0.39 is 0 Å². The monoisotopic (exact) mass is 859 g/mol. The van der Waals surface area contributed by atoms with Gasteiger partial charge in [-0.1, -0.05) is 194 Å². The summed E-state index contributed by atoms with van der Waals surface area (Å²) in [4.78, 5) is 15.5. The summed E-state index contributed by atoms with van der Waals surface area (Å²) in [5, 5.41) is 6.95. The minimum absolute atomic E-state index is 0.620. The van der Waals surface area contributed by atoms with Crippen molar-refractivity contribution in [2.45, 2.75) is 0 Å². The van der Waals surface area contributed by atoms with Gasteiger partial charge in [0.1, 0.15) is 11.2 Å². The highest BCUT2D eigenvalue weighted by Crippen LogP contribution is 2.45. The van der Waals surface area contributed by atoms with Crippen LogP contribution in [0.5, 0.6) is 0 Å². The fourth-order valence-electron chi connectivity index (χ4n) is 9.47. The lowest BCUT2D eigenvalue weighted by atomic mass is 9.89. The maximum atomic E-state index is 6.66.